The number of para-hydroxylation sites is 1. The molecule has 3 heterocycles. The number of hydrogen-bond acceptors (Lipinski definition) is 7. The molecule has 1 aliphatic carbocycles. The molecular formula is C30H36N6O2S. The summed E-state index contributed by atoms with van der Waals surface area (Å²) in [5.41, 5.74) is 11.5. The summed E-state index contributed by atoms with van der Waals surface area (Å²) in [6.45, 7) is 4.36. The van der Waals surface area contributed by atoms with Crippen LogP contribution in [0.25, 0.3) is 5.69 Å². The number of nitrogens with two attached hydrogens (primary N) is 1. The highest BCUT2D eigenvalue weighted by atomic mass is 32.2. The SMILES string of the molecule is Nc1ccc(-n2c(SC3CCC3)nc3c(c2=O)CN(C(=O)CCNCCN2CCc4ccccc42)CC3)cc1. The van der Waals surface area contributed by atoms with Crippen molar-refractivity contribution >= 4 is 29.0 Å². The highest BCUT2D eigenvalue weighted by molar-refractivity contribution is 7.99. The fourth-order valence-corrected chi connectivity index (χ4v) is 6.89. The lowest BCUT2D eigenvalue weighted by Crippen LogP contribution is -2.42. The number of hydrogen-bond donors (Lipinski definition) is 2. The van der Waals surface area contributed by atoms with Crippen LogP contribution in [0.4, 0.5) is 11.4 Å². The summed E-state index contributed by atoms with van der Waals surface area (Å²) in [6.07, 6.45) is 5.66. The normalized spacial score (nSPS) is 16.6. The van der Waals surface area contributed by atoms with Crippen LogP contribution in [0.3, 0.4) is 0 Å². The minimum Gasteiger partial charge on any atom is -0.399 e. The van der Waals surface area contributed by atoms with Gasteiger partial charge >= 0.3 is 0 Å². The van der Waals surface area contributed by atoms with Crippen LogP contribution in [0.2, 0.25) is 0 Å². The van der Waals surface area contributed by atoms with Gasteiger partial charge in [-0.2, -0.15) is 0 Å². The van der Waals surface area contributed by atoms with Gasteiger partial charge in [0.15, 0.2) is 5.16 Å². The monoisotopic (exact) mass is 544 g/mol. The summed E-state index contributed by atoms with van der Waals surface area (Å²) in [5, 5.41) is 4.69. The Kier molecular flexibility index (Phi) is 7.61. The molecule has 1 amide bonds. The van der Waals surface area contributed by atoms with E-state index in [1.54, 1.807) is 16.3 Å². The Morgan fingerprint density at radius 2 is 1.87 bits per heavy atom. The molecule has 8 nitrogen and oxygen atoms in total. The lowest BCUT2D eigenvalue weighted by Gasteiger charge is -2.30. The zero-order chi connectivity index (χ0) is 26.8. The Balaban J connectivity index is 1.09. The van der Waals surface area contributed by atoms with Gasteiger partial charge in [0, 0.05) is 62.2 Å². The molecule has 1 saturated carbocycles. The summed E-state index contributed by atoms with van der Waals surface area (Å²) in [7, 11) is 0. The standard InChI is InChI=1S/C30H36N6O2S/c31-22-8-10-23(11-9-22)36-29(38)25-20-35(18-14-26(25)33-30(36)39-24-5-3-6-24)28(37)12-15-32-16-19-34-17-13-21-4-1-2-7-27(21)34/h1-2,4,7-11,24,32H,3,5-6,12-20,31H2. The number of nitrogens with one attached hydrogen (secondary N) is 1. The maximum absolute atomic E-state index is 13.8. The van der Waals surface area contributed by atoms with Gasteiger partial charge in [-0.1, -0.05) is 36.4 Å². The fraction of sp³-hybridized carbons (Fsp3) is 0.433. The molecule has 0 spiro atoms. The molecule has 39 heavy (non-hydrogen) atoms. The molecule has 2 aliphatic heterocycles. The van der Waals surface area contributed by atoms with Crippen molar-refractivity contribution in [3.05, 3.63) is 75.7 Å². The number of aromatic nitrogens is 2. The third-order valence-electron chi connectivity index (χ3n) is 8.08. The van der Waals surface area contributed by atoms with Crippen molar-refractivity contribution in [1.29, 1.82) is 0 Å². The number of rotatable bonds is 9. The van der Waals surface area contributed by atoms with E-state index in [0.29, 0.717) is 49.0 Å². The predicted molar refractivity (Wildman–Crippen MR) is 157 cm³/mol. The largest absolute Gasteiger partial charge is 0.399 e. The van der Waals surface area contributed by atoms with E-state index in [9.17, 15) is 9.59 Å². The number of carbonyl (C=O) groups is 1. The Morgan fingerprint density at radius 3 is 2.67 bits per heavy atom. The number of benzene rings is 2. The number of amides is 1. The van der Waals surface area contributed by atoms with Gasteiger partial charge in [0.1, 0.15) is 0 Å². The van der Waals surface area contributed by atoms with Crippen LogP contribution in [0.15, 0.2) is 58.5 Å². The predicted octanol–water partition coefficient (Wildman–Crippen LogP) is 3.39. The molecule has 0 bridgehead atoms. The first-order chi connectivity index (χ1) is 19.1. The van der Waals surface area contributed by atoms with E-state index in [1.165, 1.54) is 17.7 Å². The Bertz CT molecular complexity index is 1400. The third-order valence-corrected chi connectivity index (χ3v) is 9.37. The fourth-order valence-electron chi connectivity index (χ4n) is 5.57. The summed E-state index contributed by atoms with van der Waals surface area (Å²) in [5.74, 6) is 0.0750. The van der Waals surface area contributed by atoms with Crippen molar-refractivity contribution in [3.8, 4) is 5.69 Å². The zero-order valence-electron chi connectivity index (χ0n) is 22.3. The zero-order valence-corrected chi connectivity index (χ0v) is 23.1. The van der Waals surface area contributed by atoms with Gasteiger partial charge in [0.05, 0.1) is 23.5 Å². The van der Waals surface area contributed by atoms with Crippen LogP contribution in [-0.4, -0.2) is 58.3 Å². The van der Waals surface area contributed by atoms with E-state index in [1.807, 2.05) is 29.2 Å². The maximum Gasteiger partial charge on any atom is 0.264 e. The van der Waals surface area contributed by atoms with Crippen molar-refractivity contribution < 1.29 is 4.79 Å². The van der Waals surface area contributed by atoms with Crippen LogP contribution in [0.5, 0.6) is 0 Å². The van der Waals surface area contributed by atoms with Crippen molar-refractivity contribution in [1.82, 2.24) is 19.8 Å². The number of nitrogens with zero attached hydrogens (tertiary/aromatic N) is 4. The first kappa shape index (κ1) is 26.0. The molecule has 0 unspecified atom stereocenters. The number of anilines is 2. The van der Waals surface area contributed by atoms with Crippen molar-refractivity contribution in [3.63, 3.8) is 0 Å². The minimum absolute atomic E-state index is 0.0750. The van der Waals surface area contributed by atoms with Crippen LogP contribution in [0.1, 0.15) is 42.5 Å². The Labute approximate surface area is 233 Å². The number of carbonyl (C=O) groups excluding carboxylic acids is 1. The molecule has 6 rings (SSSR count). The molecule has 0 radical (unpaired) electrons. The first-order valence-electron chi connectivity index (χ1n) is 14.1. The molecule has 1 fully saturated rings. The van der Waals surface area contributed by atoms with Gasteiger partial charge in [-0.3, -0.25) is 14.2 Å². The van der Waals surface area contributed by atoms with E-state index in [-0.39, 0.29) is 11.5 Å². The molecule has 0 atom stereocenters. The summed E-state index contributed by atoms with van der Waals surface area (Å²) < 4.78 is 1.72. The van der Waals surface area contributed by atoms with Gasteiger partial charge in [0.2, 0.25) is 5.91 Å². The van der Waals surface area contributed by atoms with E-state index in [0.717, 1.165) is 55.4 Å². The molecule has 3 aliphatic rings. The van der Waals surface area contributed by atoms with E-state index >= 15 is 0 Å². The van der Waals surface area contributed by atoms with E-state index in [2.05, 4.69) is 34.5 Å². The topological polar surface area (TPSA) is 96.5 Å². The molecule has 1 aromatic heterocycles. The second-order valence-electron chi connectivity index (χ2n) is 10.7. The maximum atomic E-state index is 13.8. The summed E-state index contributed by atoms with van der Waals surface area (Å²) in [4.78, 5) is 36.1. The third kappa shape index (κ3) is 5.56. The highest BCUT2D eigenvalue weighted by Gasteiger charge is 2.29. The van der Waals surface area contributed by atoms with Crippen molar-refractivity contribution in [2.24, 2.45) is 0 Å². The highest BCUT2D eigenvalue weighted by Crippen LogP contribution is 2.36. The minimum atomic E-state index is -0.0758. The van der Waals surface area contributed by atoms with Gasteiger partial charge in [-0.05, 0) is 55.2 Å². The van der Waals surface area contributed by atoms with Gasteiger partial charge in [-0.15, -0.1) is 0 Å². The summed E-state index contributed by atoms with van der Waals surface area (Å²) >= 11 is 1.70. The molecule has 9 heteroatoms. The molecule has 2 aromatic carbocycles. The van der Waals surface area contributed by atoms with Crippen molar-refractivity contribution in [2.45, 2.75) is 55.5 Å². The van der Waals surface area contributed by atoms with Crippen LogP contribution >= 0.6 is 11.8 Å². The number of nitrogen functional groups attached to an aromatic ring is 1. The number of fused-ring (bicyclic) bond motifs is 2. The second-order valence-corrected chi connectivity index (χ2v) is 11.9. The Hall–Kier alpha value is -3.30. The molecule has 0 saturated heterocycles. The lowest BCUT2D eigenvalue weighted by molar-refractivity contribution is -0.132. The van der Waals surface area contributed by atoms with Gasteiger partial charge in [0.25, 0.3) is 5.56 Å². The molecule has 3 aromatic rings. The van der Waals surface area contributed by atoms with Gasteiger partial charge < -0.3 is 20.9 Å². The quantitative estimate of drug-likeness (QED) is 0.242. The average Bonchev–Trinajstić information content (AvgIpc) is 3.34. The molecule has 204 valence electrons. The van der Waals surface area contributed by atoms with Crippen LogP contribution < -0.4 is 21.5 Å². The summed E-state index contributed by atoms with van der Waals surface area (Å²) in [6, 6.07) is 15.9. The van der Waals surface area contributed by atoms with Crippen LogP contribution in [0, 0.1) is 0 Å². The number of thioether (sulfide) groups is 1. The van der Waals surface area contributed by atoms with Crippen molar-refractivity contribution in [2.75, 3.05) is 43.4 Å². The van der Waals surface area contributed by atoms with Crippen LogP contribution in [-0.2, 0) is 24.2 Å². The molecular weight excluding hydrogens is 508 g/mol. The Morgan fingerprint density at radius 1 is 1.05 bits per heavy atom. The average molecular weight is 545 g/mol. The van der Waals surface area contributed by atoms with E-state index < -0.39 is 0 Å². The van der Waals surface area contributed by atoms with E-state index in [4.69, 9.17) is 10.7 Å². The first-order valence-corrected chi connectivity index (χ1v) is 14.9. The van der Waals surface area contributed by atoms with Gasteiger partial charge in [-0.25, -0.2) is 4.98 Å². The smallest absolute Gasteiger partial charge is 0.264 e. The second kappa shape index (κ2) is 11.4. The lowest BCUT2D eigenvalue weighted by atomic mass is 10.0. The molecule has 3 N–H and O–H groups in total.